The highest BCUT2D eigenvalue weighted by molar-refractivity contribution is 6.29. The van der Waals surface area contributed by atoms with E-state index in [1.54, 1.807) is 0 Å². The van der Waals surface area contributed by atoms with E-state index in [0.29, 0.717) is 17.1 Å². The van der Waals surface area contributed by atoms with Gasteiger partial charge in [-0.25, -0.2) is 4.68 Å². The monoisotopic (exact) mass is 387 g/mol. The average Bonchev–Trinajstić information content (AvgIpc) is 3.07. The lowest BCUT2D eigenvalue weighted by atomic mass is 9.89. The Morgan fingerprint density at radius 2 is 1.96 bits per heavy atom. The zero-order valence-electron chi connectivity index (χ0n) is 13.8. The van der Waals surface area contributed by atoms with Gasteiger partial charge in [0.1, 0.15) is 0 Å². The third kappa shape index (κ3) is 4.14. The van der Waals surface area contributed by atoms with Gasteiger partial charge in [0.15, 0.2) is 16.7 Å². The molecule has 2 heterocycles. The summed E-state index contributed by atoms with van der Waals surface area (Å²) in [6.07, 6.45) is 1.41. The van der Waals surface area contributed by atoms with Crippen molar-refractivity contribution in [2.75, 3.05) is 6.54 Å². The zero-order valence-corrected chi connectivity index (χ0v) is 14.5. The molecule has 1 fully saturated rings. The molecule has 0 unspecified atom stereocenters. The third-order valence-electron chi connectivity index (χ3n) is 4.39. The van der Waals surface area contributed by atoms with Crippen molar-refractivity contribution < 1.29 is 18.0 Å². The number of nitrogens with one attached hydrogen (secondary N) is 1. The first-order valence-electron chi connectivity index (χ1n) is 8.29. The Kier molecular flexibility index (Phi) is 5.45. The molecule has 0 spiro atoms. The molecule has 0 atom stereocenters. The maximum absolute atomic E-state index is 13.5. The summed E-state index contributed by atoms with van der Waals surface area (Å²) in [5, 5.41) is 13.5. The van der Waals surface area contributed by atoms with Gasteiger partial charge in [-0.1, -0.05) is 30.9 Å². The first-order valence-corrected chi connectivity index (χ1v) is 8.67. The summed E-state index contributed by atoms with van der Waals surface area (Å²) in [4.78, 5) is 12.3. The number of nitrogens with zero attached hydrogens (tertiary/aromatic N) is 4. The summed E-state index contributed by atoms with van der Waals surface area (Å²) in [7, 11) is 0. The summed E-state index contributed by atoms with van der Waals surface area (Å²) in [6.45, 7) is 0.363. The largest absolute Gasteiger partial charge is 0.434 e. The molecule has 0 saturated heterocycles. The first kappa shape index (κ1) is 18.6. The maximum atomic E-state index is 13.5. The molecule has 2 aromatic rings. The minimum Gasteiger partial charge on any atom is -0.352 e. The van der Waals surface area contributed by atoms with E-state index in [4.69, 9.17) is 11.6 Å². The minimum atomic E-state index is -4.78. The van der Waals surface area contributed by atoms with Crippen LogP contribution in [-0.2, 0) is 6.18 Å². The fraction of sp³-hybridized carbons (Fsp3) is 0.500. The molecule has 1 aliphatic rings. The van der Waals surface area contributed by atoms with Gasteiger partial charge in [-0.3, -0.25) is 4.79 Å². The van der Waals surface area contributed by atoms with Crippen LogP contribution in [-0.4, -0.2) is 32.4 Å². The Hall–Kier alpha value is -2.16. The van der Waals surface area contributed by atoms with Crippen molar-refractivity contribution in [3.8, 4) is 5.82 Å². The summed E-state index contributed by atoms with van der Waals surface area (Å²) < 4.78 is 41.2. The van der Waals surface area contributed by atoms with Gasteiger partial charge in [0, 0.05) is 6.54 Å². The fourth-order valence-electron chi connectivity index (χ4n) is 3.11. The van der Waals surface area contributed by atoms with E-state index in [9.17, 15) is 18.0 Å². The van der Waals surface area contributed by atoms with Crippen molar-refractivity contribution in [2.24, 2.45) is 5.92 Å². The van der Waals surface area contributed by atoms with Gasteiger partial charge in [0.25, 0.3) is 5.91 Å². The van der Waals surface area contributed by atoms with Crippen molar-refractivity contribution in [1.29, 1.82) is 0 Å². The molecule has 3 rings (SSSR count). The molecule has 0 bridgehead atoms. The van der Waals surface area contributed by atoms with Gasteiger partial charge in [-0.05, 0) is 30.9 Å². The smallest absolute Gasteiger partial charge is 0.352 e. The predicted molar refractivity (Wildman–Crippen MR) is 88.1 cm³/mol. The quantitative estimate of drug-likeness (QED) is 0.869. The van der Waals surface area contributed by atoms with Gasteiger partial charge in [-0.15, -0.1) is 10.2 Å². The molecule has 0 radical (unpaired) electrons. The summed E-state index contributed by atoms with van der Waals surface area (Å²) in [6, 6.07) is 2.55. The lowest BCUT2D eigenvalue weighted by Crippen LogP contribution is -2.31. The van der Waals surface area contributed by atoms with Crippen LogP contribution >= 0.6 is 11.6 Å². The molecule has 26 heavy (non-hydrogen) atoms. The molecular weight excluding hydrogens is 371 g/mol. The van der Waals surface area contributed by atoms with Gasteiger partial charge < -0.3 is 5.32 Å². The van der Waals surface area contributed by atoms with Gasteiger partial charge in [0.05, 0.1) is 11.8 Å². The number of carbonyl (C=O) groups excluding carboxylic acids is 1. The third-order valence-corrected chi connectivity index (χ3v) is 4.59. The van der Waals surface area contributed by atoms with E-state index in [-0.39, 0.29) is 11.0 Å². The van der Waals surface area contributed by atoms with Crippen LogP contribution in [0.2, 0.25) is 5.15 Å². The second-order valence-corrected chi connectivity index (χ2v) is 6.63. The van der Waals surface area contributed by atoms with Crippen molar-refractivity contribution in [3.63, 3.8) is 0 Å². The first-order chi connectivity index (χ1) is 12.4. The highest BCUT2D eigenvalue weighted by Gasteiger charge is 2.41. The second-order valence-electron chi connectivity index (χ2n) is 6.24. The van der Waals surface area contributed by atoms with Gasteiger partial charge in [-0.2, -0.15) is 18.3 Å². The molecule has 1 saturated carbocycles. The topological polar surface area (TPSA) is 72.7 Å². The SMILES string of the molecule is O=C(NCC1CCCCC1)c1cnn(-c2ccc(Cl)nn2)c1C(F)(F)F. The van der Waals surface area contributed by atoms with Crippen LogP contribution in [0.3, 0.4) is 0 Å². The highest BCUT2D eigenvalue weighted by atomic mass is 35.5. The zero-order chi connectivity index (χ0) is 18.7. The number of hydrogen-bond donors (Lipinski definition) is 1. The molecule has 6 nitrogen and oxygen atoms in total. The summed E-state index contributed by atoms with van der Waals surface area (Å²) in [5.74, 6) is -0.664. The predicted octanol–water partition coefficient (Wildman–Crippen LogP) is 3.64. The Labute approximate surface area is 152 Å². The van der Waals surface area contributed by atoms with Crippen molar-refractivity contribution >= 4 is 17.5 Å². The molecule has 140 valence electrons. The maximum Gasteiger partial charge on any atom is 0.434 e. The molecular formula is C16H17ClF3N5O. The molecule has 10 heteroatoms. The molecule has 0 aliphatic heterocycles. The molecule has 1 amide bonds. The Bertz CT molecular complexity index is 769. The minimum absolute atomic E-state index is 0.0416. The van der Waals surface area contributed by atoms with Crippen LogP contribution in [0.1, 0.15) is 48.2 Å². The number of hydrogen-bond acceptors (Lipinski definition) is 4. The number of carbonyl (C=O) groups is 1. The molecule has 1 N–H and O–H groups in total. The van der Waals surface area contributed by atoms with Crippen LogP contribution < -0.4 is 5.32 Å². The molecule has 0 aromatic carbocycles. The second kappa shape index (κ2) is 7.61. The molecule has 1 aliphatic carbocycles. The van der Waals surface area contributed by atoms with Crippen LogP contribution in [0.4, 0.5) is 13.2 Å². The number of aromatic nitrogens is 4. The standard InChI is InChI=1S/C16H17ClF3N5O/c17-12-6-7-13(24-23-12)25-14(16(18,19)20)11(9-22-25)15(26)21-8-10-4-2-1-3-5-10/h6-7,9-10H,1-5,8H2,(H,21,26). The van der Waals surface area contributed by atoms with Crippen molar-refractivity contribution in [1.82, 2.24) is 25.3 Å². The van der Waals surface area contributed by atoms with E-state index < -0.39 is 23.3 Å². The van der Waals surface area contributed by atoms with Crippen LogP contribution in [0.15, 0.2) is 18.3 Å². The van der Waals surface area contributed by atoms with E-state index in [0.717, 1.165) is 38.3 Å². The summed E-state index contributed by atoms with van der Waals surface area (Å²) >= 11 is 5.61. The van der Waals surface area contributed by atoms with E-state index in [2.05, 4.69) is 20.6 Å². The Morgan fingerprint density at radius 3 is 2.58 bits per heavy atom. The normalized spacial score (nSPS) is 15.8. The van der Waals surface area contributed by atoms with Crippen molar-refractivity contribution in [2.45, 2.75) is 38.3 Å². The lowest BCUT2D eigenvalue weighted by molar-refractivity contribution is -0.143. The van der Waals surface area contributed by atoms with E-state index >= 15 is 0 Å². The number of halogens is 4. The number of alkyl halides is 3. The summed E-state index contributed by atoms with van der Waals surface area (Å²) in [5.41, 5.74) is -1.72. The van der Waals surface area contributed by atoms with Crippen LogP contribution in [0.25, 0.3) is 5.82 Å². The van der Waals surface area contributed by atoms with Gasteiger partial charge in [0.2, 0.25) is 0 Å². The molecule has 2 aromatic heterocycles. The average molecular weight is 388 g/mol. The van der Waals surface area contributed by atoms with E-state index in [1.165, 1.54) is 12.1 Å². The van der Waals surface area contributed by atoms with Gasteiger partial charge >= 0.3 is 6.18 Å². The van der Waals surface area contributed by atoms with E-state index in [1.807, 2.05) is 0 Å². The van der Waals surface area contributed by atoms with Crippen LogP contribution in [0, 0.1) is 5.92 Å². The number of amides is 1. The Morgan fingerprint density at radius 1 is 1.23 bits per heavy atom. The van der Waals surface area contributed by atoms with Crippen LogP contribution in [0.5, 0.6) is 0 Å². The highest BCUT2D eigenvalue weighted by Crippen LogP contribution is 2.33. The Balaban J connectivity index is 1.84. The fourth-order valence-corrected chi connectivity index (χ4v) is 3.21. The van der Waals surface area contributed by atoms with Crippen molar-refractivity contribution in [3.05, 3.63) is 34.7 Å². The lowest BCUT2D eigenvalue weighted by Gasteiger charge is -2.21. The number of rotatable bonds is 4.